The van der Waals surface area contributed by atoms with E-state index in [2.05, 4.69) is 66.3 Å². The number of piperazine rings is 1. The first-order valence-corrected chi connectivity index (χ1v) is 14.5. The van der Waals surface area contributed by atoms with Crippen LogP contribution in [0.15, 0.2) is 59.6 Å². The first kappa shape index (κ1) is 30.7. The molecule has 42 heavy (non-hydrogen) atoms. The second kappa shape index (κ2) is 13.2. The summed E-state index contributed by atoms with van der Waals surface area (Å²) in [5, 5.41) is 6.64. The van der Waals surface area contributed by atoms with E-state index in [1.54, 1.807) is 13.3 Å². The summed E-state index contributed by atoms with van der Waals surface area (Å²) < 4.78 is 16.4. The molecule has 0 atom stereocenters. The SMILES string of the molecule is CCO/C(=C/C(C)=C1\C=CNc2c(nc(N3CCN(c4ccc(OC)cc4)C(C)(C)C3)nc2C(=O)OC)N1)CC(C)C. The topological polar surface area (TPSA) is 101 Å². The zero-order chi connectivity index (χ0) is 30.4. The van der Waals surface area contributed by atoms with Gasteiger partial charge in [0.15, 0.2) is 11.5 Å². The first-order chi connectivity index (χ1) is 20.1. The fourth-order valence-corrected chi connectivity index (χ4v) is 5.30. The molecule has 226 valence electrons. The van der Waals surface area contributed by atoms with Gasteiger partial charge in [-0.3, -0.25) is 0 Å². The second-order valence-electron chi connectivity index (χ2n) is 11.5. The summed E-state index contributed by atoms with van der Waals surface area (Å²) in [6.07, 6.45) is 6.60. The number of carbonyl (C=O) groups excluding carboxylic acids is 1. The van der Waals surface area contributed by atoms with Crippen LogP contribution in [0.2, 0.25) is 0 Å². The van der Waals surface area contributed by atoms with Gasteiger partial charge in [-0.1, -0.05) is 13.8 Å². The largest absolute Gasteiger partial charge is 0.498 e. The van der Waals surface area contributed by atoms with Gasteiger partial charge in [-0.2, -0.15) is 4.98 Å². The summed E-state index contributed by atoms with van der Waals surface area (Å²) in [5.74, 6) is 2.66. The molecule has 3 heterocycles. The van der Waals surface area contributed by atoms with E-state index < -0.39 is 5.97 Å². The normalized spacial score (nSPS) is 17.6. The average Bonchev–Trinajstić information content (AvgIpc) is 3.18. The van der Waals surface area contributed by atoms with E-state index in [1.807, 2.05) is 32.1 Å². The van der Waals surface area contributed by atoms with Crippen molar-refractivity contribution < 1.29 is 19.0 Å². The molecule has 0 aliphatic carbocycles. The van der Waals surface area contributed by atoms with Crippen molar-refractivity contribution >= 4 is 29.1 Å². The van der Waals surface area contributed by atoms with E-state index >= 15 is 0 Å². The van der Waals surface area contributed by atoms with Gasteiger partial charge >= 0.3 is 5.97 Å². The molecule has 1 fully saturated rings. The van der Waals surface area contributed by atoms with Gasteiger partial charge in [-0.05, 0) is 75.6 Å². The number of nitrogens with one attached hydrogen (secondary N) is 2. The Morgan fingerprint density at radius 2 is 1.88 bits per heavy atom. The van der Waals surface area contributed by atoms with Crippen molar-refractivity contribution in [2.24, 2.45) is 5.92 Å². The number of esters is 1. The number of benzene rings is 1. The molecule has 0 amide bonds. The molecule has 10 nitrogen and oxygen atoms in total. The van der Waals surface area contributed by atoms with Crippen LogP contribution in [0.25, 0.3) is 0 Å². The molecule has 10 heteroatoms. The van der Waals surface area contributed by atoms with Crippen LogP contribution in [-0.2, 0) is 9.47 Å². The number of hydrogen-bond donors (Lipinski definition) is 2. The Hall–Kier alpha value is -4.21. The third kappa shape index (κ3) is 6.98. The van der Waals surface area contributed by atoms with Crippen molar-refractivity contribution in [2.45, 2.75) is 53.5 Å². The zero-order valence-corrected chi connectivity index (χ0v) is 26.1. The predicted molar refractivity (Wildman–Crippen MR) is 168 cm³/mol. The summed E-state index contributed by atoms with van der Waals surface area (Å²) in [7, 11) is 3.03. The monoisotopic (exact) mass is 576 g/mol. The molecule has 2 aliphatic heterocycles. The average molecular weight is 577 g/mol. The number of carbonyl (C=O) groups is 1. The summed E-state index contributed by atoms with van der Waals surface area (Å²) in [6.45, 7) is 15.4. The van der Waals surface area contributed by atoms with E-state index in [4.69, 9.17) is 24.2 Å². The summed E-state index contributed by atoms with van der Waals surface area (Å²) in [4.78, 5) is 27.0. The van der Waals surface area contributed by atoms with Crippen molar-refractivity contribution in [3.8, 4) is 5.75 Å². The third-order valence-electron chi connectivity index (χ3n) is 7.32. The van der Waals surface area contributed by atoms with Gasteiger partial charge in [0, 0.05) is 43.6 Å². The lowest BCUT2D eigenvalue weighted by molar-refractivity contribution is 0.0595. The molecule has 2 aliphatic rings. The number of anilines is 4. The summed E-state index contributed by atoms with van der Waals surface area (Å²) >= 11 is 0. The highest BCUT2D eigenvalue weighted by atomic mass is 16.5. The third-order valence-corrected chi connectivity index (χ3v) is 7.32. The molecule has 4 rings (SSSR count). The number of allylic oxidation sites excluding steroid dienone is 4. The van der Waals surface area contributed by atoms with Gasteiger partial charge in [-0.15, -0.1) is 0 Å². The van der Waals surface area contributed by atoms with E-state index in [0.717, 1.165) is 41.4 Å². The van der Waals surface area contributed by atoms with Gasteiger partial charge in [0.25, 0.3) is 0 Å². The zero-order valence-electron chi connectivity index (χ0n) is 26.1. The number of nitrogens with zero attached hydrogens (tertiary/aromatic N) is 4. The van der Waals surface area contributed by atoms with Gasteiger partial charge < -0.3 is 34.6 Å². The van der Waals surface area contributed by atoms with E-state index in [0.29, 0.717) is 43.1 Å². The van der Waals surface area contributed by atoms with Gasteiger partial charge in [-0.25, -0.2) is 9.78 Å². The molecular formula is C32H44N6O4. The molecule has 0 saturated carbocycles. The lowest BCUT2D eigenvalue weighted by Gasteiger charge is -2.48. The van der Waals surface area contributed by atoms with Crippen LogP contribution < -0.4 is 25.2 Å². The minimum Gasteiger partial charge on any atom is -0.498 e. The molecule has 0 bridgehead atoms. The van der Waals surface area contributed by atoms with E-state index in [-0.39, 0.29) is 11.2 Å². The molecule has 1 aromatic heterocycles. The smallest absolute Gasteiger partial charge is 0.359 e. The van der Waals surface area contributed by atoms with Crippen LogP contribution in [0.4, 0.5) is 23.1 Å². The van der Waals surface area contributed by atoms with E-state index in [1.165, 1.54) is 7.11 Å². The van der Waals surface area contributed by atoms with Crippen molar-refractivity contribution in [1.29, 1.82) is 0 Å². The lowest BCUT2D eigenvalue weighted by atomic mass is 9.98. The Labute approximate surface area is 249 Å². The van der Waals surface area contributed by atoms with Crippen LogP contribution in [0.5, 0.6) is 5.75 Å². The lowest BCUT2D eigenvalue weighted by Crippen LogP contribution is -2.60. The van der Waals surface area contributed by atoms with Crippen LogP contribution in [0, 0.1) is 5.92 Å². The minimum atomic E-state index is -0.534. The molecule has 0 spiro atoms. The number of aromatic nitrogens is 2. The summed E-state index contributed by atoms with van der Waals surface area (Å²) in [5.41, 5.74) is 3.36. The molecular weight excluding hydrogens is 532 g/mol. The summed E-state index contributed by atoms with van der Waals surface area (Å²) in [6, 6.07) is 8.11. The maximum atomic E-state index is 12.9. The highest BCUT2D eigenvalue weighted by molar-refractivity contribution is 5.97. The Bertz CT molecular complexity index is 1360. The van der Waals surface area contributed by atoms with Crippen LogP contribution >= 0.6 is 0 Å². The van der Waals surface area contributed by atoms with Crippen LogP contribution in [-0.4, -0.2) is 61.9 Å². The molecule has 2 N–H and O–H groups in total. The quantitative estimate of drug-likeness (QED) is 0.274. The number of ether oxygens (including phenoxy) is 3. The fourth-order valence-electron chi connectivity index (χ4n) is 5.30. The van der Waals surface area contributed by atoms with E-state index in [9.17, 15) is 4.79 Å². The maximum Gasteiger partial charge on any atom is 0.359 e. The minimum absolute atomic E-state index is 0.175. The second-order valence-corrected chi connectivity index (χ2v) is 11.5. The van der Waals surface area contributed by atoms with Gasteiger partial charge in [0.05, 0.1) is 32.1 Å². The maximum absolute atomic E-state index is 12.9. The van der Waals surface area contributed by atoms with Crippen LogP contribution in [0.3, 0.4) is 0 Å². The highest BCUT2D eigenvalue weighted by Gasteiger charge is 2.36. The fraction of sp³-hybridized carbons (Fsp3) is 0.469. The molecule has 0 unspecified atom stereocenters. The molecule has 1 saturated heterocycles. The predicted octanol–water partition coefficient (Wildman–Crippen LogP) is 5.97. The highest BCUT2D eigenvalue weighted by Crippen LogP contribution is 2.34. The standard InChI is InChI=1S/C32H44N6O4/c1-9-42-25(18-21(2)3)19-22(4)26-14-15-33-27-28(30(39)41-8)35-31(36-29(27)34-26)37-16-17-38(32(5,6)20-37)23-10-12-24(40-7)13-11-23/h10-15,19,21,33H,9,16-18,20H2,1-8H3,(H,34,35,36)/b25-19+,26-22+. The Morgan fingerprint density at radius 3 is 2.50 bits per heavy atom. The van der Waals surface area contributed by atoms with Gasteiger partial charge in [0.1, 0.15) is 11.4 Å². The number of methoxy groups -OCH3 is 2. The number of fused-ring (bicyclic) bond motifs is 1. The van der Waals surface area contributed by atoms with Crippen molar-refractivity contribution in [1.82, 2.24) is 9.97 Å². The van der Waals surface area contributed by atoms with Crippen molar-refractivity contribution in [2.75, 3.05) is 60.9 Å². The Kier molecular flexibility index (Phi) is 9.65. The Balaban J connectivity index is 1.67. The van der Waals surface area contributed by atoms with Crippen molar-refractivity contribution in [3.63, 3.8) is 0 Å². The van der Waals surface area contributed by atoms with Crippen LogP contribution in [0.1, 0.15) is 58.5 Å². The Morgan fingerprint density at radius 1 is 1.14 bits per heavy atom. The molecule has 2 aromatic rings. The van der Waals surface area contributed by atoms with Crippen molar-refractivity contribution in [3.05, 3.63) is 65.3 Å². The first-order valence-electron chi connectivity index (χ1n) is 14.5. The molecule has 1 aromatic carbocycles. The molecule has 0 radical (unpaired) electrons. The number of hydrogen-bond acceptors (Lipinski definition) is 10. The van der Waals surface area contributed by atoms with Gasteiger partial charge in [0.2, 0.25) is 5.95 Å². The number of rotatable bonds is 9.